The monoisotopic (exact) mass is 373 g/mol. The Hall–Kier alpha value is -0.160. The van der Waals surface area contributed by atoms with Crippen LogP contribution in [0.3, 0.4) is 0 Å². The first kappa shape index (κ1) is 25.8. The molecule has 5 atom stereocenters. The summed E-state index contributed by atoms with van der Waals surface area (Å²) in [6.07, 6.45) is 13.1. The molecule has 4 N–H and O–H groups in total. The lowest BCUT2D eigenvalue weighted by molar-refractivity contribution is -0.0529. The van der Waals surface area contributed by atoms with Crippen molar-refractivity contribution in [3.05, 3.63) is 0 Å². The van der Waals surface area contributed by atoms with Gasteiger partial charge in [0.1, 0.15) is 6.23 Å². The lowest BCUT2D eigenvalue weighted by Gasteiger charge is -2.31. The maximum Gasteiger partial charge on any atom is 0.109 e. The van der Waals surface area contributed by atoms with Gasteiger partial charge < -0.3 is 15.3 Å². The van der Waals surface area contributed by atoms with Crippen LogP contribution in [0.1, 0.15) is 105 Å². The Kier molecular flexibility index (Phi) is 16.9. The van der Waals surface area contributed by atoms with Crippen LogP contribution in [0, 0.1) is 11.8 Å². The third kappa shape index (κ3) is 12.3. The molecular weight excluding hydrogens is 326 g/mol. The topological polar surface area (TPSA) is 72.7 Å². The minimum atomic E-state index is -0.723. The van der Waals surface area contributed by atoms with E-state index in [1.54, 1.807) is 0 Å². The molecule has 0 spiro atoms. The minimum Gasteiger partial charge on any atom is -0.393 e. The summed E-state index contributed by atoms with van der Waals surface area (Å²) < 4.78 is 0. The van der Waals surface area contributed by atoms with Crippen molar-refractivity contribution in [3.8, 4) is 0 Å². The molecule has 158 valence electrons. The quantitative estimate of drug-likeness (QED) is 0.209. The Morgan fingerprint density at radius 2 is 1.12 bits per heavy atom. The number of rotatable bonds is 18. The van der Waals surface area contributed by atoms with Gasteiger partial charge in [-0.2, -0.15) is 0 Å². The van der Waals surface area contributed by atoms with Crippen LogP contribution in [0.2, 0.25) is 0 Å². The molecule has 0 aromatic carbocycles. The number of unbranched alkanes of at least 4 members (excludes halogenated alkanes) is 10. The molecule has 4 nitrogen and oxygen atoms in total. The van der Waals surface area contributed by atoms with E-state index in [9.17, 15) is 15.3 Å². The van der Waals surface area contributed by atoms with Gasteiger partial charge >= 0.3 is 0 Å². The summed E-state index contributed by atoms with van der Waals surface area (Å²) in [7, 11) is 0. The number of nitrogens with one attached hydrogen (secondary N) is 1. The molecule has 4 heteroatoms. The average molecular weight is 374 g/mol. The van der Waals surface area contributed by atoms with E-state index in [0.29, 0.717) is 6.42 Å². The van der Waals surface area contributed by atoms with Gasteiger partial charge in [0.2, 0.25) is 0 Å². The van der Waals surface area contributed by atoms with Gasteiger partial charge in [0.05, 0.1) is 12.2 Å². The van der Waals surface area contributed by atoms with Gasteiger partial charge in [-0.1, -0.05) is 91.9 Å². The van der Waals surface area contributed by atoms with Crippen LogP contribution in [0.25, 0.3) is 0 Å². The third-order valence-corrected chi connectivity index (χ3v) is 5.73. The first-order valence-corrected chi connectivity index (χ1v) is 11.2. The smallest absolute Gasteiger partial charge is 0.109 e. The molecule has 0 aliphatic carbocycles. The van der Waals surface area contributed by atoms with Crippen LogP contribution in [0.4, 0.5) is 0 Å². The second kappa shape index (κ2) is 17.0. The Morgan fingerprint density at radius 1 is 0.654 bits per heavy atom. The average Bonchev–Trinajstić information content (AvgIpc) is 2.66. The van der Waals surface area contributed by atoms with Crippen molar-refractivity contribution in [2.45, 2.75) is 123 Å². The predicted octanol–water partition coefficient (Wildman–Crippen LogP) is 4.61. The first-order valence-electron chi connectivity index (χ1n) is 11.2. The van der Waals surface area contributed by atoms with Crippen molar-refractivity contribution in [1.29, 1.82) is 0 Å². The van der Waals surface area contributed by atoms with E-state index in [-0.39, 0.29) is 11.8 Å². The Morgan fingerprint density at radius 3 is 1.58 bits per heavy atom. The zero-order valence-corrected chi connectivity index (χ0v) is 17.9. The minimum absolute atomic E-state index is 0.228. The Balaban J connectivity index is 3.60. The maximum absolute atomic E-state index is 10.3. The van der Waals surface area contributed by atoms with Gasteiger partial charge in [-0.15, -0.1) is 0 Å². The Labute approximate surface area is 162 Å². The van der Waals surface area contributed by atoms with E-state index in [1.807, 2.05) is 20.8 Å². The highest BCUT2D eigenvalue weighted by molar-refractivity contribution is 4.79. The molecular formula is C22H47NO3. The molecule has 26 heavy (non-hydrogen) atoms. The molecule has 0 amide bonds. The van der Waals surface area contributed by atoms with Crippen LogP contribution in [-0.2, 0) is 0 Å². The van der Waals surface area contributed by atoms with Gasteiger partial charge in [0, 0.05) is 11.8 Å². The second-order valence-electron chi connectivity index (χ2n) is 8.12. The molecule has 0 saturated carbocycles. The van der Waals surface area contributed by atoms with Crippen molar-refractivity contribution < 1.29 is 15.3 Å². The second-order valence-corrected chi connectivity index (χ2v) is 8.12. The van der Waals surface area contributed by atoms with Crippen molar-refractivity contribution in [2.75, 3.05) is 6.54 Å². The van der Waals surface area contributed by atoms with Crippen LogP contribution in [0.5, 0.6) is 0 Å². The van der Waals surface area contributed by atoms with E-state index in [1.165, 1.54) is 64.2 Å². The summed E-state index contributed by atoms with van der Waals surface area (Å²) in [5.41, 5.74) is 0. The van der Waals surface area contributed by atoms with Gasteiger partial charge in [0.15, 0.2) is 0 Å². The molecule has 0 aromatic heterocycles. The van der Waals surface area contributed by atoms with E-state index >= 15 is 0 Å². The summed E-state index contributed by atoms with van der Waals surface area (Å²) in [6.45, 7) is 8.61. The standard InChI is InChI=1S/C22H47NO3/c1-5-7-8-9-10-11-12-13-14-15-16-17-23-22(26)19(4)21(25)18(3)20(24)6-2/h18-26H,5-17H2,1-4H3. The fourth-order valence-electron chi connectivity index (χ4n) is 3.49. The summed E-state index contributed by atoms with van der Waals surface area (Å²) in [6, 6.07) is 0. The summed E-state index contributed by atoms with van der Waals surface area (Å²) >= 11 is 0. The fourth-order valence-corrected chi connectivity index (χ4v) is 3.49. The zero-order chi connectivity index (χ0) is 19.8. The predicted molar refractivity (Wildman–Crippen MR) is 111 cm³/mol. The third-order valence-electron chi connectivity index (χ3n) is 5.73. The van der Waals surface area contributed by atoms with E-state index in [2.05, 4.69) is 12.2 Å². The van der Waals surface area contributed by atoms with Crippen molar-refractivity contribution in [3.63, 3.8) is 0 Å². The highest BCUT2D eigenvalue weighted by Gasteiger charge is 2.29. The van der Waals surface area contributed by atoms with Crippen molar-refractivity contribution >= 4 is 0 Å². The summed E-state index contributed by atoms with van der Waals surface area (Å²) in [5.74, 6) is -0.521. The normalized spacial score (nSPS) is 17.7. The van der Waals surface area contributed by atoms with Crippen LogP contribution < -0.4 is 5.32 Å². The summed E-state index contributed by atoms with van der Waals surface area (Å²) in [5, 5.41) is 33.5. The molecule has 0 aliphatic rings. The van der Waals surface area contributed by atoms with Crippen LogP contribution in [0.15, 0.2) is 0 Å². The number of hydrogen-bond donors (Lipinski definition) is 4. The van der Waals surface area contributed by atoms with Gasteiger partial charge in [-0.25, -0.2) is 0 Å². The lowest BCUT2D eigenvalue weighted by Crippen LogP contribution is -2.45. The lowest BCUT2D eigenvalue weighted by atomic mass is 9.87. The Bertz CT molecular complexity index is 301. The molecule has 0 radical (unpaired) electrons. The molecule has 0 aromatic rings. The maximum atomic E-state index is 10.3. The first-order chi connectivity index (χ1) is 12.5. The zero-order valence-electron chi connectivity index (χ0n) is 17.9. The molecule has 0 heterocycles. The molecule has 0 fully saturated rings. The molecule has 0 saturated heterocycles. The van der Waals surface area contributed by atoms with Gasteiger partial charge in [-0.05, 0) is 19.4 Å². The highest BCUT2D eigenvalue weighted by Crippen LogP contribution is 2.20. The molecule has 0 rings (SSSR count). The van der Waals surface area contributed by atoms with E-state index in [4.69, 9.17) is 0 Å². The number of hydrogen-bond acceptors (Lipinski definition) is 4. The largest absolute Gasteiger partial charge is 0.393 e. The van der Waals surface area contributed by atoms with E-state index in [0.717, 1.165) is 13.0 Å². The van der Waals surface area contributed by atoms with E-state index < -0.39 is 18.4 Å². The fraction of sp³-hybridized carbons (Fsp3) is 1.00. The number of aliphatic hydroxyl groups is 3. The molecule has 0 aliphatic heterocycles. The SMILES string of the molecule is CCCCCCCCCCCCCNC(O)C(C)C(O)C(C)C(O)CC. The van der Waals surface area contributed by atoms with Gasteiger partial charge in [-0.3, -0.25) is 5.32 Å². The highest BCUT2D eigenvalue weighted by atomic mass is 16.3. The molecule has 5 unspecified atom stereocenters. The van der Waals surface area contributed by atoms with Crippen LogP contribution >= 0.6 is 0 Å². The molecule has 0 bridgehead atoms. The van der Waals surface area contributed by atoms with Gasteiger partial charge in [0.25, 0.3) is 0 Å². The van der Waals surface area contributed by atoms with Crippen molar-refractivity contribution in [2.24, 2.45) is 11.8 Å². The van der Waals surface area contributed by atoms with Crippen LogP contribution in [-0.4, -0.2) is 40.3 Å². The number of aliphatic hydroxyl groups excluding tert-OH is 3. The summed E-state index contributed by atoms with van der Waals surface area (Å²) in [4.78, 5) is 0. The van der Waals surface area contributed by atoms with Crippen molar-refractivity contribution in [1.82, 2.24) is 5.32 Å².